The summed E-state index contributed by atoms with van der Waals surface area (Å²) in [5.41, 5.74) is 0. The van der Waals surface area contributed by atoms with Gasteiger partial charge < -0.3 is 4.90 Å². The van der Waals surface area contributed by atoms with Crippen LogP contribution in [0.2, 0.25) is 5.15 Å². The average molecular weight is 242 g/mol. The predicted octanol–water partition coefficient (Wildman–Crippen LogP) is 2.31. The van der Waals surface area contributed by atoms with Gasteiger partial charge in [0.25, 0.3) is 0 Å². The van der Waals surface area contributed by atoms with E-state index in [0.29, 0.717) is 5.15 Å². The van der Waals surface area contributed by atoms with Crippen molar-refractivity contribution < 1.29 is 0 Å². The van der Waals surface area contributed by atoms with Crippen molar-refractivity contribution >= 4 is 29.2 Å². The standard InChI is InChI=1S/C10H12ClN3S/c1-15-10-12-8(11)3-9(13-10)14-4-6-2-7(6)5-14/h3,6-7H,2,4-5H2,1H3. The highest BCUT2D eigenvalue weighted by atomic mass is 35.5. The fraction of sp³-hybridized carbons (Fsp3) is 0.600. The molecule has 0 spiro atoms. The molecule has 1 aromatic rings. The molecule has 15 heavy (non-hydrogen) atoms. The van der Waals surface area contributed by atoms with Crippen LogP contribution in [-0.2, 0) is 0 Å². The van der Waals surface area contributed by atoms with Crippen LogP contribution in [-0.4, -0.2) is 29.3 Å². The van der Waals surface area contributed by atoms with E-state index in [-0.39, 0.29) is 0 Å². The Morgan fingerprint density at radius 1 is 1.40 bits per heavy atom. The number of rotatable bonds is 2. The molecular formula is C10H12ClN3S. The maximum atomic E-state index is 5.96. The van der Waals surface area contributed by atoms with Crippen molar-refractivity contribution in [2.24, 2.45) is 11.8 Å². The van der Waals surface area contributed by atoms with Crippen LogP contribution in [0.5, 0.6) is 0 Å². The molecule has 0 N–H and O–H groups in total. The molecule has 5 heteroatoms. The van der Waals surface area contributed by atoms with Crippen molar-refractivity contribution in [3.8, 4) is 0 Å². The topological polar surface area (TPSA) is 29.0 Å². The molecule has 80 valence electrons. The third-order valence-corrected chi connectivity index (χ3v) is 3.89. The van der Waals surface area contributed by atoms with Gasteiger partial charge in [0.1, 0.15) is 11.0 Å². The zero-order chi connectivity index (χ0) is 10.4. The van der Waals surface area contributed by atoms with Gasteiger partial charge in [-0.15, -0.1) is 0 Å². The molecular weight excluding hydrogens is 230 g/mol. The average Bonchev–Trinajstić information content (AvgIpc) is 2.85. The van der Waals surface area contributed by atoms with E-state index >= 15 is 0 Å². The molecule has 1 saturated carbocycles. The first-order chi connectivity index (χ1) is 7.26. The first-order valence-corrected chi connectivity index (χ1v) is 6.70. The lowest BCUT2D eigenvalue weighted by molar-refractivity contribution is 0.788. The van der Waals surface area contributed by atoms with Gasteiger partial charge in [-0.05, 0) is 24.5 Å². The number of hydrogen-bond donors (Lipinski definition) is 0. The molecule has 1 aliphatic heterocycles. The van der Waals surface area contributed by atoms with E-state index in [2.05, 4.69) is 14.9 Å². The van der Waals surface area contributed by atoms with Gasteiger partial charge in [-0.3, -0.25) is 0 Å². The monoisotopic (exact) mass is 241 g/mol. The Hall–Kier alpha value is -0.480. The molecule has 1 aliphatic carbocycles. The fourth-order valence-corrected chi connectivity index (χ4v) is 2.83. The van der Waals surface area contributed by atoms with Gasteiger partial charge in [-0.1, -0.05) is 23.4 Å². The molecule has 3 rings (SSSR count). The van der Waals surface area contributed by atoms with Crippen LogP contribution in [0.25, 0.3) is 0 Å². The van der Waals surface area contributed by atoms with E-state index in [4.69, 9.17) is 11.6 Å². The summed E-state index contributed by atoms with van der Waals surface area (Å²) in [7, 11) is 0. The Labute approximate surface area is 98.2 Å². The largest absolute Gasteiger partial charge is 0.356 e. The third-order valence-electron chi connectivity index (χ3n) is 3.15. The van der Waals surface area contributed by atoms with Gasteiger partial charge in [0, 0.05) is 19.2 Å². The van der Waals surface area contributed by atoms with E-state index in [1.165, 1.54) is 18.2 Å². The number of halogens is 1. The smallest absolute Gasteiger partial charge is 0.190 e. The number of aromatic nitrogens is 2. The van der Waals surface area contributed by atoms with E-state index < -0.39 is 0 Å². The first kappa shape index (κ1) is 9.73. The highest BCUT2D eigenvalue weighted by Crippen LogP contribution is 2.46. The molecule has 0 amide bonds. The van der Waals surface area contributed by atoms with Crippen molar-refractivity contribution in [2.75, 3.05) is 24.2 Å². The second-order valence-corrected chi connectivity index (χ2v) is 5.36. The number of hydrogen-bond acceptors (Lipinski definition) is 4. The second-order valence-electron chi connectivity index (χ2n) is 4.20. The maximum Gasteiger partial charge on any atom is 0.190 e. The molecule has 3 nitrogen and oxygen atoms in total. The summed E-state index contributed by atoms with van der Waals surface area (Å²) in [5.74, 6) is 2.82. The SMILES string of the molecule is CSc1nc(Cl)cc(N2CC3CC3C2)n1. The minimum absolute atomic E-state index is 0.546. The Morgan fingerprint density at radius 3 is 2.80 bits per heavy atom. The highest BCUT2D eigenvalue weighted by Gasteiger charge is 2.45. The van der Waals surface area contributed by atoms with Crippen molar-refractivity contribution in [3.63, 3.8) is 0 Å². The first-order valence-electron chi connectivity index (χ1n) is 5.10. The summed E-state index contributed by atoms with van der Waals surface area (Å²) in [4.78, 5) is 11.0. The summed E-state index contributed by atoms with van der Waals surface area (Å²) in [6.07, 6.45) is 3.38. The molecule has 0 aromatic carbocycles. The van der Waals surface area contributed by atoms with Crippen molar-refractivity contribution in [3.05, 3.63) is 11.2 Å². The van der Waals surface area contributed by atoms with Crippen LogP contribution in [0.4, 0.5) is 5.82 Å². The third kappa shape index (κ3) is 1.81. The van der Waals surface area contributed by atoms with Crippen LogP contribution in [0.1, 0.15) is 6.42 Å². The van der Waals surface area contributed by atoms with Gasteiger partial charge in [0.2, 0.25) is 0 Å². The van der Waals surface area contributed by atoms with Crippen molar-refractivity contribution in [1.82, 2.24) is 9.97 Å². The second kappa shape index (κ2) is 3.52. The number of fused-ring (bicyclic) bond motifs is 1. The van der Waals surface area contributed by atoms with E-state index in [1.807, 2.05) is 12.3 Å². The van der Waals surface area contributed by atoms with Crippen LogP contribution in [0.15, 0.2) is 11.2 Å². The minimum atomic E-state index is 0.546. The molecule has 2 aliphatic rings. The summed E-state index contributed by atoms with van der Waals surface area (Å²) in [6, 6.07) is 1.87. The zero-order valence-corrected chi connectivity index (χ0v) is 10.1. The van der Waals surface area contributed by atoms with Crippen LogP contribution >= 0.6 is 23.4 Å². The van der Waals surface area contributed by atoms with Gasteiger partial charge in [0.05, 0.1) is 0 Å². The Morgan fingerprint density at radius 2 is 2.13 bits per heavy atom. The number of anilines is 1. The maximum absolute atomic E-state index is 5.96. The van der Waals surface area contributed by atoms with Crippen LogP contribution < -0.4 is 4.90 Å². The number of nitrogens with zero attached hydrogens (tertiary/aromatic N) is 3. The fourth-order valence-electron chi connectivity index (χ4n) is 2.22. The summed E-state index contributed by atoms with van der Waals surface area (Å²) in [5, 5.41) is 1.31. The Balaban J connectivity index is 1.87. The Bertz CT molecular complexity index is 388. The molecule has 2 fully saturated rings. The van der Waals surface area contributed by atoms with E-state index in [9.17, 15) is 0 Å². The number of piperidine rings is 1. The number of thioether (sulfide) groups is 1. The van der Waals surface area contributed by atoms with E-state index in [0.717, 1.165) is 35.9 Å². The molecule has 1 aromatic heterocycles. The quantitative estimate of drug-likeness (QED) is 0.452. The minimum Gasteiger partial charge on any atom is -0.356 e. The molecule has 2 unspecified atom stereocenters. The van der Waals surface area contributed by atoms with Gasteiger partial charge in [-0.2, -0.15) is 0 Å². The molecule has 2 heterocycles. The molecule has 2 atom stereocenters. The van der Waals surface area contributed by atoms with Gasteiger partial charge >= 0.3 is 0 Å². The summed E-state index contributed by atoms with van der Waals surface area (Å²) in [6.45, 7) is 2.29. The highest BCUT2D eigenvalue weighted by molar-refractivity contribution is 7.98. The van der Waals surface area contributed by atoms with Crippen molar-refractivity contribution in [1.29, 1.82) is 0 Å². The van der Waals surface area contributed by atoms with E-state index in [1.54, 1.807) is 0 Å². The van der Waals surface area contributed by atoms with Gasteiger partial charge in [-0.25, -0.2) is 9.97 Å². The van der Waals surface area contributed by atoms with Crippen molar-refractivity contribution in [2.45, 2.75) is 11.6 Å². The van der Waals surface area contributed by atoms with Crippen LogP contribution in [0, 0.1) is 11.8 Å². The molecule has 0 bridgehead atoms. The van der Waals surface area contributed by atoms with Gasteiger partial charge in [0.15, 0.2) is 5.16 Å². The summed E-state index contributed by atoms with van der Waals surface area (Å²) < 4.78 is 0. The predicted molar refractivity (Wildman–Crippen MR) is 62.6 cm³/mol. The molecule has 0 radical (unpaired) electrons. The summed E-state index contributed by atoms with van der Waals surface area (Å²) >= 11 is 7.50. The lowest BCUT2D eigenvalue weighted by atomic mass is 10.4. The lowest BCUT2D eigenvalue weighted by Gasteiger charge is -2.19. The normalized spacial score (nSPS) is 28.0. The Kier molecular flexibility index (Phi) is 2.29. The zero-order valence-electron chi connectivity index (χ0n) is 8.48. The van der Waals surface area contributed by atoms with Crippen LogP contribution in [0.3, 0.4) is 0 Å². The lowest BCUT2D eigenvalue weighted by Crippen LogP contribution is -2.23. The molecule has 1 saturated heterocycles.